The second-order valence-electron chi connectivity index (χ2n) is 3.66. The van der Waals surface area contributed by atoms with Crippen molar-refractivity contribution in [3.05, 3.63) is 18.2 Å². The van der Waals surface area contributed by atoms with Crippen molar-refractivity contribution in [2.75, 3.05) is 19.5 Å². The average molecular weight is 275 g/mol. The Kier molecular flexibility index (Phi) is 4.80. The lowest BCUT2D eigenvalue weighted by atomic mass is 10.2. The number of methoxy groups -OCH3 is 2. The number of nitrogens with one attached hydrogen (secondary N) is 1. The van der Waals surface area contributed by atoms with Crippen LogP contribution < -0.4 is 14.8 Å². The number of hydrogen-bond donors (Lipinski definition) is 2. The van der Waals surface area contributed by atoms with E-state index in [2.05, 4.69) is 5.32 Å². The average Bonchev–Trinajstić information content (AvgIpc) is 2.33. The first-order valence-corrected chi connectivity index (χ1v) is 6.87. The van der Waals surface area contributed by atoms with Gasteiger partial charge >= 0.3 is 0 Å². The summed E-state index contributed by atoms with van der Waals surface area (Å²) < 4.78 is 41.4. The molecule has 0 aliphatic carbocycles. The Bertz CT molecular complexity index is 478. The molecule has 0 aromatic heterocycles. The van der Waals surface area contributed by atoms with Crippen molar-refractivity contribution in [1.82, 2.24) is 0 Å². The lowest BCUT2D eigenvalue weighted by molar-refractivity contribution is 0.394. The fourth-order valence-electron chi connectivity index (χ4n) is 1.46. The van der Waals surface area contributed by atoms with Crippen LogP contribution in [-0.4, -0.2) is 32.6 Å². The van der Waals surface area contributed by atoms with E-state index in [0.29, 0.717) is 17.2 Å². The Labute approximate surface area is 107 Å². The van der Waals surface area contributed by atoms with Gasteiger partial charge in [-0.15, -0.1) is 0 Å². The van der Waals surface area contributed by atoms with Crippen LogP contribution in [0.5, 0.6) is 11.5 Å². The summed E-state index contributed by atoms with van der Waals surface area (Å²) in [4.78, 5) is 0. The molecule has 0 aliphatic heterocycles. The summed E-state index contributed by atoms with van der Waals surface area (Å²) in [6.07, 6.45) is 0.234. The van der Waals surface area contributed by atoms with Crippen LogP contribution in [0.3, 0.4) is 0 Å². The van der Waals surface area contributed by atoms with Gasteiger partial charge in [-0.2, -0.15) is 8.42 Å². The maximum Gasteiger partial charge on any atom is 0.286 e. The van der Waals surface area contributed by atoms with Gasteiger partial charge in [0.15, 0.2) is 5.37 Å². The number of ether oxygens (including phenoxy) is 2. The van der Waals surface area contributed by atoms with Crippen LogP contribution in [0.25, 0.3) is 0 Å². The Balaban J connectivity index is 3.02. The number of anilines is 1. The van der Waals surface area contributed by atoms with Crippen molar-refractivity contribution in [3.63, 3.8) is 0 Å². The van der Waals surface area contributed by atoms with Crippen LogP contribution in [0.1, 0.15) is 13.3 Å². The van der Waals surface area contributed by atoms with E-state index in [1.807, 2.05) is 0 Å². The van der Waals surface area contributed by atoms with Crippen LogP contribution in [0, 0.1) is 0 Å². The maximum atomic E-state index is 11.1. The highest BCUT2D eigenvalue weighted by atomic mass is 32.2. The molecule has 18 heavy (non-hydrogen) atoms. The molecule has 7 heteroatoms. The smallest absolute Gasteiger partial charge is 0.286 e. The molecule has 1 aromatic rings. The molecule has 0 aliphatic rings. The molecule has 1 rings (SSSR count). The summed E-state index contributed by atoms with van der Waals surface area (Å²) in [5.41, 5.74) is 0.496. The molecule has 0 saturated heterocycles. The summed E-state index contributed by atoms with van der Waals surface area (Å²) in [7, 11) is -1.15. The van der Waals surface area contributed by atoms with Gasteiger partial charge in [0, 0.05) is 23.9 Å². The van der Waals surface area contributed by atoms with E-state index in [1.54, 1.807) is 25.1 Å². The van der Waals surface area contributed by atoms with Crippen molar-refractivity contribution >= 4 is 15.8 Å². The molecule has 2 N–H and O–H groups in total. The molecule has 0 saturated carbocycles. The van der Waals surface area contributed by atoms with Crippen LogP contribution in [0.4, 0.5) is 5.69 Å². The minimum atomic E-state index is -4.15. The highest BCUT2D eigenvalue weighted by Gasteiger charge is 2.20. The third-order valence-corrected chi connectivity index (χ3v) is 3.58. The van der Waals surface area contributed by atoms with Crippen molar-refractivity contribution in [3.8, 4) is 11.5 Å². The first-order chi connectivity index (χ1) is 8.40. The van der Waals surface area contributed by atoms with Crippen LogP contribution in [0.2, 0.25) is 0 Å². The fraction of sp³-hybridized carbons (Fsp3) is 0.455. The van der Waals surface area contributed by atoms with Gasteiger partial charge in [0.1, 0.15) is 11.5 Å². The Morgan fingerprint density at radius 3 is 2.06 bits per heavy atom. The van der Waals surface area contributed by atoms with Gasteiger partial charge in [-0.25, -0.2) is 0 Å². The van der Waals surface area contributed by atoms with Crippen molar-refractivity contribution in [2.24, 2.45) is 0 Å². The van der Waals surface area contributed by atoms with Crippen molar-refractivity contribution < 1.29 is 22.4 Å². The third kappa shape index (κ3) is 3.78. The summed E-state index contributed by atoms with van der Waals surface area (Å²) >= 11 is 0. The second kappa shape index (κ2) is 5.92. The van der Waals surface area contributed by atoms with Gasteiger partial charge in [0.05, 0.1) is 14.2 Å². The molecular weight excluding hydrogens is 258 g/mol. The molecule has 0 radical (unpaired) electrons. The zero-order chi connectivity index (χ0) is 13.8. The van der Waals surface area contributed by atoms with E-state index in [-0.39, 0.29) is 6.42 Å². The molecule has 0 spiro atoms. The molecule has 0 fully saturated rings. The van der Waals surface area contributed by atoms with Crippen molar-refractivity contribution in [2.45, 2.75) is 18.7 Å². The monoisotopic (exact) mass is 275 g/mol. The zero-order valence-electron chi connectivity index (χ0n) is 10.5. The highest BCUT2D eigenvalue weighted by molar-refractivity contribution is 7.86. The van der Waals surface area contributed by atoms with Gasteiger partial charge in [-0.1, -0.05) is 6.92 Å². The van der Waals surface area contributed by atoms with Crippen LogP contribution in [-0.2, 0) is 10.1 Å². The summed E-state index contributed by atoms with van der Waals surface area (Å²) in [5, 5.41) is 1.66. The highest BCUT2D eigenvalue weighted by Crippen LogP contribution is 2.26. The van der Waals surface area contributed by atoms with Crippen LogP contribution in [0.15, 0.2) is 18.2 Å². The molecule has 6 nitrogen and oxygen atoms in total. The van der Waals surface area contributed by atoms with E-state index in [9.17, 15) is 8.42 Å². The van der Waals surface area contributed by atoms with Crippen LogP contribution >= 0.6 is 0 Å². The Morgan fingerprint density at radius 1 is 1.22 bits per heavy atom. The van der Waals surface area contributed by atoms with E-state index in [0.717, 1.165) is 0 Å². The lowest BCUT2D eigenvalue weighted by Crippen LogP contribution is -2.28. The zero-order valence-corrected chi connectivity index (χ0v) is 11.3. The molecule has 102 valence electrons. The Hall–Kier alpha value is -1.47. The normalized spacial score (nSPS) is 12.9. The summed E-state index contributed by atoms with van der Waals surface area (Å²) in [5.74, 6) is 1.06. The lowest BCUT2D eigenvalue weighted by Gasteiger charge is -2.16. The van der Waals surface area contributed by atoms with Crippen molar-refractivity contribution in [1.29, 1.82) is 0 Å². The third-order valence-electron chi connectivity index (χ3n) is 2.41. The molecular formula is C11H17NO5S. The van der Waals surface area contributed by atoms with Gasteiger partial charge in [-0.3, -0.25) is 4.55 Å². The topological polar surface area (TPSA) is 84.9 Å². The van der Waals surface area contributed by atoms with Gasteiger partial charge in [0.2, 0.25) is 0 Å². The van der Waals surface area contributed by atoms with E-state index in [4.69, 9.17) is 14.0 Å². The quantitative estimate of drug-likeness (QED) is 0.769. The van der Waals surface area contributed by atoms with E-state index < -0.39 is 15.5 Å². The standard InChI is InChI=1S/C11H17NO5S/c1-4-11(18(13,14)15)12-8-5-9(16-2)7-10(6-8)17-3/h5-7,11-12H,4H2,1-3H3,(H,13,14,15). The second-order valence-corrected chi connectivity index (χ2v) is 5.26. The Morgan fingerprint density at radius 2 is 1.72 bits per heavy atom. The molecule has 0 bridgehead atoms. The molecule has 1 unspecified atom stereocenters. The summed E-state index contributed by atoms with van der Waals surface area (Å²) in [6.45, 7) is 1.66. The predicted octanol–water partition coefficient (Wildman–Crippen LogP) is 1.74. The SMILES string of the molecule is CCC(Nc1cc(OC)cc(OC)c1)S(=O)(=O)O. The molecule has 1 aromatic carbocycles. The van der Waals surface area contributed by atoms with E-state index in [1.165, 1.54) is 14.2 Å². The maximum absolute atomic E-state index is 11.1. The van der Waals surface area contributed by atoms with E-state index >= 15 is 0 Å². The van der Waals surface area contributed by atoms with Gasteiger partial charge in [0.25, 0.3) is 10.1 Å². The first-order valence-electron chi connectivity index (χ1n) is 5.36. The minimum Gasteiger partial charge on any atom is -0.497 e. The summed E-state index contributed by atoms with van der Waals surface area (Å²) in [6, 6.07) is 4.91. The number of rotatable bonds is 6. The molecule has 1 atom stereocenters. The number of hydrogen-bond acceptors (Lipinski definition) is 5. The predicted molar refractivity (Wildman–Crippen MR) is 68.8 cm³/mol. The largest absolute Gasteiger partial charge is 0.497 e. The minimum absolute atomic E-state index is 0.234. The first kappa shape index (κ1) is 14.6. The molecule has 0 amide bonds. The van der Waals surface area contributed by atoms with Gasteiger partial charge in [-0.05, 0) is 6.42 Å². The van der Waals surface area contributed by atoms with Gasteiger partial charge < -0.3 is 14.8 Å². The number of benzene rings is 1. The fourth-order valence-corrected chi connectivity index (χ4v) is 2.17. The molecule has 0 heterocycles.